The molecular weight excluding hydrogens is 212 g/mol. The molecule has 1 aliphatic rings. The maximum Gasteiger partial charge on any atom is 0.138 e. The molecule has 0 aliphatic carbocycles. The van der Waals surface area contributed by atoms with Gasteiger partial charge in [0.15, 0.2) is 0 Å². The quantitative estimate of drug-likeness (QED) is 0.847. The Morgan fingerprint density at radius 2 is 2.35 bits per heavy atom. The summed E-state index contributed by atoms with van der Waals surface area (Å²) in [7, 11) is 0. The van der Waals surface area contributed by atoms with Crippen LogP contribution in [0.4, 0.5) is 0 Å². The number of hydrogen-bond donors (Lipinski definition) is 1. The van der Waals surface area contributed by atoms with Gasteiger partial charge in [0.05, 0.1) is 12.3 Å². The lowest BCUT2D eigenvalue weighted by Gasteiger charge is -2.26. The molecule has 2 heterocycles. The van der Waals surface area contributed by atoms with Gasteiger partial charge in [0.2, 0.25) is 0 Å². The maximum absolute atomic E-state index is 5.61. The van der Waals surface area contributed by atoms with Gasteiger partial charge in [0.1, 0.15) is 5.75 Å². The lowest BCUT2D eigenvalue weighted by Crippen LogP contribution is -2.42. The SMILES string of the molecule is CC(C)Oc1cncc(C=CCC2CCN2)c1. The van der Waals surface area contributed by atoms with Crippen molar-refractivity contribution in [3.05, 3.63) is 30.1 Å². The van der Waals surface area contributed by atoms with E-state index in [2.05, 4.69) is 22.5 Å². The molecule has 1 saturated heterocycles. The van der Waals surface area contributed by atoms with Crippen LogP contribution in [0.3, 0.4) is 0 Å². The molecule has 3 heteroatoms. The van der Waals surface area contributed by atoms with Crippen molar-refractivity contribution in [2.24, 2.45) is 0 Å². The summed E-state index contributed by atoms with van der Waals surface area (Å²) in [4.78, 5) is 4.18. The minimum Gasteiger partial charge on any atom is -0.489 e. The van der Waals surface area contributed by atoms with Gasteiger partial charge in [-0.25, -0.2) is 0 Å². The summed E-state index contributed by atoms with van der Waals surface area (Å²) in [5.74, 6) is 0.837. The van der Waals surface area contributed by atoms with E-state index in [9.17, 15) is 0 Å². The van der Waals surface area contributed by atoms with Gasteiger partial charge >= 0.3 is 0 Å². The Morgan fingerprint density at radius 3 is 3.00 bits per heavy atom. The lowest BCUT2D eigenvalue weighted by atomic mass is 10.0. The number of nitrogens with zero attached hydrogens (tertiary/aromatic N) is 1. The van der Waals surface area contributed by atoms with Crippen LogP contribution in [-0.4, -0.2) is 23.7 Å². The lowest BCUT2D eigenvalue weighted by molar-refractivity contribution is 0.241. The fourth-order valence-corrected chi connectivity index (χ4v) is 1.78. The number of hydrogen-bond acceptors (Lipinski definition) is 3. The fraction of sp³-hybridized carbons (Fsp3) is 0.500. The maximum atomic E-state index is 5.61. The van der Waals surface area contributed by atoms with Crippen molar-refractivity contribution in [1.82, 2.24) is 10.3 Å². The number of pyridine rings is 1. The highest BCUT2D eigenvalue weighted by molar-refractivity contribution is 5.50. The van der Waals surface area contributed by atoms with Crippen molar-refractivity contribution in [3.63, 3.8) is 0 Å². The van der Waals surface area contributed by atoms with Gasteiger partial charge in [-0.3, -0.25) is 4.98 Å². The monoisotopic (exact) mass is 232 g/mol. The van der Waals surface area contributed by atoms with Crippen LogP contribution >= 0.6 is 0 Å². The summed E-state index contributed by atoms with van der Waals surface area (Å²) in [6, 6.07) is 2.70. The zero-order valence-corrected chi connectivity index (χ0v) is 10.5. The van der Waals surface area contributed by atoms with E-state index < -0.39 is 0 Å². The van der Waals surface area contributed by atoms with E-state index in [1.54, 1.807) is 6.20 Å². The predicted octanol–water partition coefficient (Wildman–Crippen LogP) is 2.63. The first kappa shape index (κ1) is 12.1. The third-order valence-corrected chi connectivity index (χ3v) is 2.76. The van der Waals surface area contributed by atoms with E-state index >= 15 is 0 Å². The predicted molar refractivity (Wildman–Crippen MR) is 70.1 cm³/mol. The summed E-state index contributed by atoms with van der Waals surface area (Å²) in [6.45, 7) is 5.20. The van der Waals surface area contributed by atoms with Gasteiger partial charge in [-0.2, -0.15) is 0 Å². The zero-order valence-electron chi connectivity index (χ0n) is 10.5. The highest BCUT2D eigenvalue weighted by atomic mass is 16.5. The molecule has 1 aromatic rings. The van der Waals surface area contributed by atoms with Crippen LogP contribution in [0.1, 0.15) is 32.3 Å². The topological polar surface area (TPSA) is 34.1 Å². The molecular formula is C14H20N2O. The first-order valence-electron chi connectivity index (χ1n) is 6.25. The smallest absolute Gasteiger partial charge is 0.138 e. The van der Waals surface area contributed by atoms with E-state index in [0.29, 0.717) is 6.04 Å². The van der Waals surface area contributed by atoms with Gasteiger partial charge in [0.25, 0.3) is 0 Å². The molecule has 1 aromatic heterocycles. The van der Waals surface area contributed by atoms with Gasteiger partial charge in [0, 0.05) is 12.2 Å². The number of aromatic nitrogens is 1. The normalized spacial score (nSPS) is 19.6. The molecule has 0 bridgehead atoms. The van der Waals surface area contributed by atoms with Crippen LogP contribution in [0.25, 0.3) is 6.08 Å². The third kappa shape index (κ3) is 3.86. The number of rotatable bonds is 5. The van der Waals surface area contributed by atoms with E-state index in [-0.39, 0.29) is 6.10 Å². The molecule has 92 valence electrons. The summed E-state index contributed by atoms with van der Waals surface area (Å²) in [5, 5.41) is 3.38. The molecule has 0 saturated carbocycles. The van der Waals surface area contributed by atoms with Crippen molar-refractivity contribution in [3.8, 4) is 5.75 Å². The summed E-state index contributed by atoms with van der Waals surface area (Å²) in [6.07, 6.45) is 10.5. The van der Waals surface area contributed by atoms with Gasteiger partial charge in [-0.1, -0.05) is 12.2 Å². The van der Waals surface area contributed by atoms with E-state index in [1.807, 2.05) is 26.1 Å². The Bertz CT molecular complexity index is 384. The molecule has 1 unspecified atom stereocenters. The Morgan fingerprint density at radius 1 is 1.53 bits per heavy atom. The van der Waals surface area contributed by atoms with E-state index in [0.717, 1.165) is 24.3 Å². The highest BCUT2D eigenvalue weighted by Gasteiger charge is 2.13. The van der Waals surface area contributed by atoms with Crippen molar-refractivity contribution >= 4 is 6.08 Å². The minimum absolute atomic E-state index is 0.190. The van der Waals surface area contributed by atoms with Crippen molar-refractivity contribution in [2.45, 2.75) is 38.8 Å². The van der Waals surface area contributed by atoms with E-state index in [4.69, 9.17) is 4.74 Å². The first-order chi connectivity index (χ1) is 8.24. The molecule has 1 N–H and O–H groups in total. The van der Waals surface area contributed by atoms with E-state index in [1.165, 1.54) is 6.42 Å². The third-order valence-electron chi connectivity index (χ3n) is 2.76. The largest absolute Gasteiger partial charge is 0.489 e. The summed E-state index contributed by atoms with van der Waals surface area (Å²) >= 11 is 0. The van der Waals surface area contributed by atoms with Crippen LogP contribution in [0.5, 0.6) is 5.75 Å². The highest BCUT2D eigenvalue weighted by Crippen LogP contribution is 2.15. The summed E-state index contributed by atoms with van der Waals surface area (Å²) in [5.41, 5.74) is 1.10. The van der Waals surface area contributed by atoms with Crippen molar-refractivity contribution < 1.29 is 4.74 Å². The molecule has 17 heavy (non-hydrogen) atoms. The molecule has 0 amide bonds. The second-order valence-corrected chi connectivity index (χ2v) is 4.70. The number of ether oxygens (including phenoxy) is 1. The second-order valence-electron chi connectivity index (χ2n) is 4.70. The molecule has 0 radical (unpaired) electrons. The second kappa shape index (κ2) is 5.82. The van der Waals surface area contributed by atoms with Crippen LogP contribution < -0.4 is 10.1 Å². The summed E-state index contributed by atoms with van der Waals surface area (Å²) < 4.78 is 5.61. The average Bonchev–Trinajstić information content (AvgIpc) is 2.21. The van der Waals surface area contributed by atoms with Crippen LogP contribution in [0.15, 0.2) is 24.5 Å². The Balaban J connectivity index is 1.90. The van der Waals surface area contributed by atoms with Crippen molar-refractivity contribution in [2.75, 3.05) is 6.54 Å². The minimum atomic E-state index is 0.190. The first-order valence-corrected chi connectivity index (χ1v) is 6.25. The van der Waals surface area contributed by atoms with Gasteiger partial charge in [-0.05, 0) is 44.9 Å². The molecule has 0 spiro atoms. The average molecular weight is 232 g/mol. The Hall–Kier alpha value is -1.35. The Kier molecular flexibility index (Phi) is 4.15. The molecule has 3 nitrogen and oxygen atoms in total. The number of nitrogens with one attached hydrogen (secondary N) is 1. The fourth-order valence-electron chi connectivity index (χ4n) is 1.78. The van der Waals surface area contributed by atoms with Crippen LogP contribution in [0.2, 0.25) is 0 Å². The van der Waals surface area contributed by atoms with Gasteiger partial charge in [-0.15, -0.1) is 0 Å². The Labute approximate surface area is 103 Å². The van der Waals surface area contributed by atoms with Gasteiger partial charge < -0.3 is 10.1 Å². The standard InChI is InChI=1S/C14H20N2O/c1-11(2)17-14-8-12(9-15-10-14)4-3-5-13-6-7-16-13/h3-4,8-11,13,16H,5-7H2,1-2H3. The zero-order chi connectivity index (χ0) is 12.1. The molecule has 1 aliphatic heterocycles. The van der Waals surface area contributed by atoms with Crippen LogP contribution in [0, 0.1) is 0 Å². The molecule has 1 fully saturated rings. The van der Waals surface area contributed by atoms with Crippen LogP contribution in [-0.2, 0) is 0 Å². The molecule has 2 rings (SSSR count). The molecule has 1 atom stereocenters. The van der Waals surface area contributed by atoms with Crippen molar-refractivity contribution in [1.29, 1.82) is 0 Å². The molecule has 0 aromatic carbocycles.